The number of benzene rings is 2. The van der Waals surface area contributed by atoms with Gasteiger partial charge < -0.3 is 9.97 Å². The second-order valence-electron chi connectivity index (χ2n) is 7.22. The van der Waals surface area contributed by atoms with Crippen LogP contribution in [0.4, 0.5) is 0 Å². The number of aryl methyl sites for hydroxylation is 2. The van der Waals surface area contributed by atoms with Gasteiger partial charge in [0.05, 0.1) is 22.0 Å². The molecule has 1 saturated heterocycles. The summed E-state index contributed by atoms with van der Waals surface area (Å²) in [6, 6.07) is 9.17. The van der Waals surface area contributed by atoms with E-state index in [2.05, 4.69) is 9.97 Å². The Morgan fingerprint density at radius 2 is 1.79 bits per heavy atom. The predicted molar refractivity (Wildman–Crippen MR) is 106 cm³/mol. The van der Waals surface area contributed by atoms with Crippen molar-refractivity contribution in [2.45, 2.75) is 37.6 Å². The van der Waals surface area contributed by atoms with E-state index in [4.69, 9.17) is 0 Å². The van der Waals surface area contributed by atoms with Crippen molar-refractivity contribution < 1.29 is 13.2 Å². The van der Waals surface area contributed by atoms with Crippen molar-refractivity contribution >= 4 is 26.8 Å². The summed E-state index contributed by atoms with van der Waals surface area (Å²) in [6.07, 6.45) is 1.12. The van der Waals surface area contributed by atoms with E-state index >= 15 is 0 Å². The van der Waals surface area contributed by atoms with E-state index < -0.39 is 21.8 Å². The molecule has 0 amide bonds. The van der Waals surface area contributed by atoms with E-state index in [1.807, 2.05) is 26.0 Å². The van der Waals surface area contributed by atoms with Crippen LogP contribution in [-0.4, -0.2) is 41.1 Å². The lowest BCUT2D eigenvalue weighted by Crippen LogP contribution is -2.40. The second kappa shape index (κ2) is 6.72. The van der Waals surface area contributed by atoms with Gasteiger partial charge in [0.25, 0.3) is 0 Å². The minimum Gasteiger partial charge on any atom is -0.306 e. The van der Waals surface area contributed by atoms with Gasteiger partial charge in [-0.2, -0.15) is 4.31 Å². The average molecular weight is 399 g/mol. The zero-order chi connectivity index (χ0) is 20.1. The van der Waals surface area contributed by atoms with E-state index in [1.54, 1.807) is 12.1 Å². The van der Waals surface area contributed by atoms with Crippen LogP contribution in [0.15, 0.2) is 46.1 Å². The van der Waals surface area contributed by atoms with E-state index in [9.17, 15) is 18.0 Å². The predicted octanol–water partition coefficient (Wildman–Crippen LogP) is 2.51. The number of aromatic amines is 2. The second-order valence-corrected chi connectivity index (χ2v) is 9.11. The molecule has 8 heteroatoms. The van der Waals surface area contributed by atoms with Gasteiger partial charge in [-0.3, -0.25) is 4.79 Å². The highest BCUT2D eigenvalue weighted by Gasteiger charge is 2.39. The highest BCUT2D eigenvalue weighted by atomic mass is 32.2. The number of hydrogen-bond donors (Lipinski definition) is 2. The molecule has 28 heavy (non-hydrogen) atoms. The van der Waals surface area contributed by atoms with Gasteiger partial charge in [-0.05, 0) is 62.1 Å². The zero-order valence-corrected chi connectivity index (χ0v) is 16.5. The number of fused-ring (bicyclic) bond motifs is 1. The van der Waals surface area contributed by atoms with Crippen LogP contribution in [0.2, 0.25) is 0 Å². The molecular formula is C20H21N3O4S. The molecule has 2 N–H and O–H groups in total. The SMILES string of the molecule is Cc1ccc(C(=O)C2CCCN2S(=O)(=O)c2ccc3[nH]c(=O)[nH]c3c2)cc1C. The summed E-state index contributed by atoms with van der Waals surface area (Å²) in [5.41, 5.74) is 3.17. The number of Topliss-reactive ketones (excluding diaryl/α,β-unsaturated/α-hetero) is 1. The third kappa shape index (κ3) is 3.08. The van der Waals surface area contributed by atoms with Crippen LogP contribution < -0.4 is 5.69 Å². The largest absolute Gasteiger partial charge is 0.323 e. The Kier molecular flexibility index (Phi) is 4.47. The standard InChI is InChI=1S/C20H21N3O4S/c1-12-5-6-14(10-13(12)2)19(24)18-4-3-9-23(18)28(26,27)15-7-8-16-17(11-15)22-20(25)21-16/h5-8,10-11,18H,3-4,9H2,1-2H3,(H2,21,22,25). The number of ketones is 1. The fourth-order valence-electron chi connectivity index (χ4n) is 3.68. The van der Waals surface area contributed by atoms with Crippen molar-refractivity contribution in [3.8, 4) is 0 Å². The highest BCUT2D eigenvalue weighted by Crippen LogP contribution is 2.29. The minimum absolute atomic E-state index is 0.0648. The number of hydrogen-bond acceptors (Lipinski definition) is 4. The van der Waals surface area contributed by atoms with Gasteiger partial charge in [-0.15, -0.1) is 0 Å². The van der Waals surface area contributed by atoms with Crippen molar-refractivity contribution in [2.75, 3.05) is 6.54 Å². The lowest BCUT2D eigenvalue weighted by molar-refractivity contribution is 0.0918. The summed E-state index contributed by atoms with van der Waals surface area (Å²) >= 11 is 0. The number of imidazole rings is 1. The van der Waals surface area contributed by atoms with Crippen LogP contribution in [0, 0.1) is 13.8 Å². The zero-order valence-electron chi connectivity index (χ0n) is 15.7. The fraction of sp³-hybridized carbons (Fsp3) is 0.300. The van der Waals surface area contributed by atoms with Gasteiger partial charge in [0.15, 0.2) is 5.78 Å². The van der Waals surface area contributed by atoms with E-state index in [0.29, 0.717) is 36.0 Å². The summed E-state index contributed by atoms with van der Waals surface area (Å²) in [5, 5.41) is 0. The third-order valence-electron chi connectivity index (χ3n) is 5.39. The topological polar surface area (TPSA) is 103 Å². The first-order valence-electron chi connectivity index (χ1n) is 9.13. The van der Waals surface area contributed by atoms with Gasteiger partial charge in [-0.25, -0.2) is 13.2 Å². The smallest absolute Gasteiger partial charge is 0.306 e. The molecule has 2 heterocycles. The number of aromatic nitrogens is 2. The van der Waals surface area contributed by atoms with Crippen LogP contribution in [0.5, 0.6) is 0 Å². The maximum Gasteiger partial charge on any atom is 0.323 e. The molecule has 4 rings (SSSR count). The molecule has 1 aliphatic heterocycles. The summed E-state index contributed by atoms with van der Waals surface area (Å²) < 4.78 is 27.7. The van der Waals surface area contributed by atoms with Crippen LogP contribution in [0.25, 0.3) is 11.0 Å². The molecule has 1 aliphatic rings. The molecule has 3 aromatic rings. The van der Waals surface area contributed by atoms with Crippen molar-refractivity contribution in [1.82, 2.24) is 14.3 Å². The molecule has 0 radical (unpaired) electrons. The van der Waals surface area contributed by atoms with Crippen LogP contribution in [0.1, 0.15) is 34.3 Å². The Hall–Kier alpha value is -2.71. The van der Waals surface area contributed by atoms with E-state index in [-0.39, 0.29) is 10.7 Å². The monoisotopic (exact) mass is 399 g/mol. The molecule has 0 bridgehead atoms. The molecule has 0 spiro atoms. The molecule has 2 aromatic carbocycles. The van der Waals surface area contributed by atoms with Crippen LogP contribution >= 0.6 is 0 Å². The molecule has 1 unspecified atom stereocenters. The molecule has 1 aromatic heterocycles. The number of nitrogens with one attached hydrogen (secondary N) is 2. The summed E-state index contributed by atoms with van der Waals surface area (Å²) in [4.78, 5) is 29.7. The van der Waals surface area contributed by atoms with Crippen molar-refractivity contribution in [3.63, 3.8) is 0 Å². The van der Waals surface area contributed by atoms with Crippen molar-refractivity contribution in [3.05, 3.63) is 63.6 Å². The summed E-state index contributed by atoms with van der Waals surface area (Å²) in [6.45, 7) is 4.20. The first-order chi connectivity index (χ1) is 13.3. The fourth-order valence-corrected chi connectivity index (χ4v) is 5.37. The van der Waals surface area contributed by atoms with Gasteiger partial charge in [0.2, 0.25) is 10.0 Å². The first-order valence-corrected chi connectivity index (χ1v) is 10.6. The van der Waals surface area contributed by atoms with Gasteiger partial charge >= 0.3 is 5.69 Å². The molecule has 0 aliphatic carbocycles. The first kappa shape index (κ1) is 18.6. The number of carbonyl (C=O) groups excluding carboxylic acids is 1. The lowest BCUT2D eigenvalue weighted by Gasteiger charge is -2.23. The number of nitrogens with zero attached hydrogens (tertiary/aromatic N) is 1. The van der Waals surface area contributed by atoms with Crippen molar-refractivity contribution in [2.24, 2.45) is 0 Å². The molecule has 1 fully saturated rings. The van der Waals surface area contributed by atoms with Crippen LogP contribution in [-0.2, 0) is 10.0 Å². The van der Waals surface area contributed by atoms with Gasteiger partial charge in [-0.1, -0.05) is 12.1 Å². The summed E-state index contributed by atoms with van der Waals surface area (Å²) in [7, 11) is -3.86. The third-order valence-corrected chi connectivity index (χ3v) is 7.30. The van der Waals surface area contributed by atoms with E-state index in [0.717, 1.165) is 11.1 Å². The Morgan fingerprint density at radius 3 is 2.54 bits per heavy atom. The van der Waals surface area contributed by atoms with Gasteiger partial charge in [0.1, 0.15) is 0 Å². The van der Waals surface area contributed by atoms with Gasteiger partial charge in [0, 0.05) is 12.1 Å². The number of rotatable bonds is 4. The Morgan fingerprint density at radius 1 is 1.04 bits per heavy atom. The maximum atomic E-state index is 13.2. The highest BCUT2D eigenvalue weighted by molar-refractivity contribution is 7.89. The molecular weight excluding hydrogens is 378 g/mol. The van der Waals surface area contributed by atoms with Crippen LogP contribution in [0.3, 0.4) is 0 Å². The number of sulfonamides is 1. The minimum atomic E-state index is -3.86. The Labute approximate surface area is 162 Å². The summed E-state index contributed by atoms with van der Waals surface area (Å²) in [5.74, 6) is -0.180. The van der Waals surface area contributed by atoms with E-state index in [1.165, 1.54) is 16.4 Å². The normalized spacial score (nSPS) is 18.0. The Balaban J connectivity index is 1.70. The molecule has 0 saturated carbocycles. The number of carbonyl (C=O) groups is 1. The molecule has 1 atom stereocenters. The average Bonchev–Trinajstić information content (AvgIpc) is 3.28. The molecule has 7 nitrogen and oxygen atoms in total. The Bertz CT molecular complexity index is 1240. The lowest BCUT2D eigenvalue weighted by atomic mass is 9.99. The quantitative estimate of drug-likeness (QED) is 0.658. The van der Waals surface area contributed by atoms with Crippen molar-refractivity contribution in [1.29, 1.82) is 0 Å². The molecule has 146 valence electrons. The maximum absolute atomic E-state index is 13.2. The number of H-pyrrole nitrogens is 2.